The van der Waals surface area contributed by atoms with Crippen LogP contribution in [0.5, 0.6) is 0 Å². The van der Waals surface area contributed by atoms with E-state index in [2.05, 4.69) is 4.98 Å². The van der Waals surface area contributed by atoms with E-state index in [1.54, 1.807) is 12.1 Å². The van der Waals surface area contributed by atoms with Crippen molar-refractivity contribution in [2.75, 3.05) is 0 Å². The fourth-order valence-electron chi connectivity index (χ4n) is 5.33. The quantitative estimate of drug-likeness (QED) is 0.281. The molecule has 1 unspecified atom stereocenters. The second-order valence-corrected chi connectivity index (χ2v) is 9.39. The number of nitrogens with two attached hydrogens (primary N) is 1. The number of alkyl halides is 2. The Morgan fingerprint density at radius 1 is 1.29 bits per heavy atom. The molecular weight excluding hydrogens is 445 g/mol. The van der Waals surface area contributed by atoms with E-state index in [0.717, 1.165) is 11.1 Å². The number of guanidine groups is 1. The van der Waals surface area contributed by atoms with Crippen LogP contribution in [0.3, 0.4) is 0 Å². The van der Waals surface area contributed by atoms with Gasteiger partial charge in [0, 0.05) is 23.2 Å². The van der Waals surface area contributed by atoms with Gasteiger partial charge in [0.15, 0.2) is 5.96 Å². The van der Waals surface area contributed by atoms with Gasteiger partial charge in [-0.1, -0.05) is 12.1 Å². The molecule has 1 spiro atoms. The van der Waals surface area contributed by atoms with Crippen LogP contribution in [0.4, 0.5) is 13.2 Å². The summed E-state index contributed by atoms with van der Waals surface area (Å²) in [5.41, 5.74) is 8.96. The van der Waals surface area contributed by atoms with Crippen molar-refractivity contribution in [3.63, 3.8) is 0 Å². The number of aromatic nitrogens is 1. The zero-order valence-electron chi connectivity index (χ0n) is 19.3. The van der Waals surface area contributed by atoms with E-state index in [1.807, 2.05) is 32.0 Å². The van der Waals surface area contributed by atoms with Crippen LogP contribution in [-0.2, 0) is 16.0 Å². The number of carbonyl (C=O) groups is 1. The van der Waals surface area contributed by atoms with Crippen LogP contribution in [0.1, 0.15) is 56.7 Å². The lowest BCUT2D eigenvalue weighted by Gasteiger charge is -2.40. The van der Waals surface area contributed by atoms with Crippen molar-refractivity contribution in [1.82, 2.24) is 9.88 Å². The van der Waals surface area contributed by atoms with E-state index in [4.69, 9.17) is 15.5 Å². The summed E-state index contributed by atoms with van der Waals surface area (Å²) in [6.45, 7) is 0.879. The topological polar surface area (TPSA) is 80.8 Å². The molecule has 0 radical (unpaired) electrons. The zero-order valence-corrected chi connectivity index (χ0v) is 19.3. The van der Waals surface area contributed by atoms with Crippen molar-refractivity contribution in [1.29, 1.82) is 0 Å². The van der Waals surface area contributed by atoms with Crippen molar-refractivity contribution < 1.29 is 22.7 Å². The maximum absolute atomic E-state index is 14.4. The van der Waals surface area contributed by atoms with Crippen molar-refractivity contribution in [2.45, 2.75) is 70.8 Å². The van der Waals surface area contributed by atoms with Crippen LogP contribution >= 0.6 is 0 Å². The Morgan fingerprint density at radius 3 is 2.65 bits per heavy atom. The average Bonchev–Trinajstić information content (AvgIpc) is 3.08. The molecule has 0 saturated heterocycles. The third-order valence-corrected chi connectivity index (χ3v) is 7.05. The molecule has 2 aliphatic rings. The van der Waals surface area contributed by atoms with E-state index in [-0.39, 0.29) is 17.4 Å². The van der Waals surface area contributed by atoms with Gasteiger partial charge in [0.05, 0.1) is 12.1 Å². The van der Waals surface area contributed by atoms with Gasteiger partial charge in [-0.3, -0.25) is 9.69 Å². The van der Waals surface area contributed by atoms with Gasteiger partial charge in [-0.05, 0) is 80.8 Å². The Morgan fingerprint density at radius 2 is 2.03 bits per heavy atom. The third kappa shape index (κ3) is 4.66. The minimum absolute atomic E-state index is 0.103. The molecular formula is C25H29F3N4O2. The number of fused-ring (bicyclic) bond motifs is 1. The molecule has 1 fully saturated rings. The summed E-state index contributed by atoms with van der Waals surface area (Å²) in [6, 6.07) is 8.51. The first-order chi connectivity index (χ1) is 16.2. The van der Waals surface area contributed by atoms with Crippen LogP contribution in [0, 0.1) is 11.4 Å². The van der Waals surface area contributed by atoms with Gasteiger partial charge in [-0.2, -0.15) is 13.2 Å². The first kappa shape index (κ1) is 24.2. The number of amides is 1. The summed E-state index contributed by atoms with van der Waals surface area (Å²) in [4.78, 5) is 21.6. The predicted molar refractivity (Wildman–Crippen MR) is 123 cm³/mol. The largest absolute Gasteiger partial charge is 0.369 e. The van der Waals surface area contributed by atoms with E-state index >= 15 is 0 Å². The Bertz CT molecular complexity index is 1070. The summed E-state index contributed by atoms with van der Waals surface area (Å²) in [6.07, 6.45) is 4.46. The van der Waals surface area contributed by atoms with Crippen LogP contribution < -0.4 is 5.73 Å². The predicted octanol–water partition coefficient (Wildman–Crippen LogP) is 4.83. The molecule has 0 bridgehead atoms. The van der Waals surface area contributed by atoms with E-state index in [9.17, 15) is 18.0 Å². The fourth-order valence-corrected chi connectivity index (χ4v) is 5.33. The van der Waals surface area contributed by atoms with Crippen LogP contribution in [0.15, 0.2) is 41.5 Å². The van der Waals surface area contributed by atoms with Crippen molar-refractivity contribution in [2.24, 2.45) is 16.1 Å². The van der Waals surface area contributed by atoms with E-state index in [0.29, 0.717) is 49.6 Å². The second kappa shape index (κ2) is 9.74. The van der Waals surface area contributed by atoms with Crippen LogP contribution in [0.25, 0.3) is 11.1 Å². The minimum Gasteiger partial charge on any atom is -0.369 e. The molecule has 2 aromatic rings. The third-order valence-electron chi connectivity index (χ3n) is 7.05. The Labute approximate surface area is 197 Å². The van der Waals surface area contributed by atoms with Gasteiger partial charge in [0.1, 0.15) is 0 Å². The van der Waals surface area contributed by atoms with E-state index < -0.39 is 24.7 Å². The summed E-state index contributed by atoms with van der Waals surface area (Å²) < 4.78 is 44.7. The highest BCUT2D eigenvalue weighted by molar-refractivity contribution is 5.88. The van der Waals surface area contributed by atoms with Gasteiger partial charge in [0.25, 0.3) is 0 Å². The molecule has 9 heteroatoms. The number of benzene rings is 1. The lowest BCUT2D eigenvalue weighted by molar-refractivity contribution is -0.175. The smallest absolute Gasteiger partial charge is 0.345 e. The molecule has 1 heterocycles. The Balaban J connectivity index is 1.74. The lowest BCUT2D eigenvalue weighted by atomic mass is 9.68. The molecule has 1 aromatic heterocycles. The summed E-state index contributed by atoms with van der Waals surface area (Å²) in [7, 11) is 0. The standard InChI is InChI=1S/C25H29F3N4O2/c1-15(2)32(14-33)24(29)31-21-20-12-16(19-4-3-11-30-22(19)26)5-6-17(20)13-25(21)9-7-18(8-10-25)34-23(27)28/h3-6,11-12,14-15,18,21,23H,7-10,13H2,1-2H3,(H2,29,31). The summed E-state index contributed by atoms with van der Waals surface area (Å²) >= 11 is 0. The average molecular weight is 475 g/mol. The molecule has 182 valence electrons. The Hall–Kier alpha value is -2.94. The van der Waals surface area contributed by atoms with Gasteiger partial charge in [-0.15, -0.1) is 0 Å². The molecule has 1 saturated carbocycles. The second-order valence-electron chi connectivity index (χ2n) is 9.39. The molecule has 4 rings (SSSR count). The normalized spacial score (nSPS) is 24.6. The number of rotatable bonds is 6. The van der Waals surface area contributed by atoms with Gasteiger partial charge >= 0.3 is 6.61 Å². The maximum Gasteiger partial charge on any atom is 0.345 e. The fraction of sp³-hybridized carbons (Fsp3) is 0.480. The number of hydrogen-bond acceptors (Lipinski definition) is 4. The number of hydrogen-bond donors (Lipinski definition) is 1. The zero-order chi connectivity index (χ0) is 24.5. The first-order valence-corrected chi connectivity index (χ1v) is 11.5. The lowest BCUT2D eigenvalue weighted by Crippen LogP contribution is -2.42. The van der Waals surface area contributed by atoms with Crippen LogP contribution in [0.2, 0.25) is 0 Å². The molecule has 0 aliphatic heterocycles. The van der Waals surface area contributed by atoms with Gasteiger partial charge in [-0.25, -0.2) is 9.98 Å². The first-order valence-electron chi connectivity index (χ1n) is 11.5. The summed E-state index contributed by atoms with van der Waals surface area (Å²) in [5.74, 6) is -0.461. The van der Waals surface area contributed by atoms with Crippen molar-refractivity contribution in [3.8, 4) is 11.1 Å². The highest BCUT2D eigenvalue weighted by Crippen LogP contribution is 2.56. The number of nitrogens with zero attached hydrogens (tertiary/aromatic N) is 3. The molecule has 2 aliphatic carbocycles. The number of ether oxygens (including phenoxy) is 1. The number of pyridine rings is 1. The highest BCUT2D eigenvalue weighted by atomic mass is 19.3. The number of halogens is 3. The molecule has 6 nitrogen and oxygen atoms in total. The molecule has 34 heavy (non-hydrogen) atoms. The van der Waals surface area contributed by atoms with Gasteiger partial charge < -0.3 is 10.5 Å². The number of carbonyl (C=O) groups excluding carboxylic acids is 1. The van der Waals surface area contributed by atoms with Crippen molar-refractivity contribution >= 4 is 12.4 Å². The SMILES string of the molecule is CC(C)N(C=O)C(N)=NC1c2cc(-c3cccnc3F)ccc2CC12CCC(OC(F)F)CC2. The molecule has 1 atom stereocenters. The number of aliphatic imine (C=N–C) groups is 1. The van der Waals surface area contributed by atoms with E-state index in [1.165, 1.54) is 11.1 Å². The molecule has 1 amide bonds. The minimum atomic E-state index is -2.80. The Kier molecular flexibility index (Phi) is 6.93. The van der Waals surface area contributed by atoms with Crippen molar-refractivity contribution in [3.05, 3.63) is 53.6 Å². The van der Waals surface area contributed by atoms with Crippen LogP contribution in [-0.4, -0.2) is 41.0 Å². The maximum atomic E-state index is 14.4. The highest BCUT2D eigenvalue weighted by Gasteiger charge is 2.49. The molecule has 2 N–H and O–H groups in total. The summed E-state index contributed by atoms with van der Waals surface area (Å²) in [5, 5.41) is 0. The van der Waals surface area contributed by atoms with Gasteiger partial charge in [0.2, 0.25) is 12.4 Å². The molecule has 1 aromatic carbocycles. The monoisotopic (exact) mass is 474 g/mol.